The third-order valence-electron chi connectivity index (χ3n) is 8.86. The Labute approximate surface area is 266 Å². The zero-order valence-corrected chi connectivity index (χ0v) is 27.1. The van der Waals surface area contributed by atoms with E-state index in [0.717, 1.165) is 24.1 Å². The molecule has 0 unspecified atom stereocenters. The van der Waals surface area contributed by atoms with E-state index in [9.17, 15) is 14.4 Å². The SMILES string of the molecule is CCOCC[C@H](NC(=O)[C@@H]1CNC[C@H](C(=O)N(c2ccc3c(c2)N(CCCOC)C(=O)C(C)(C)O3)C2CC2)C1)c1ccccc1. The van der Waals surface area contributed by atoms with Crippen molar-refractivity contribution in [1.29, 1.82) is 0 Å². The summed E-state index contributed by atoms with van der Waals surface area (Å²) in [5.74, 6) is -0.223. The Bertz CT molecular complexity index is 1330. The maximum Gasteiger partial charge on any atom is 0.270 e. The molecule has 1 aliphatic carbocycles. The van der Waals surface area contributed by atoms with Crippen molar-refractivity contribution >= 4 is 29.1 Å². The first-order valence-electron chi connectivity index (χ1n) is 16.3. The van der Waals surface area contributed by atoms with E-state index in [2.05, 4.69) is 10.6 Å². The molecule has 0 radical (unpaired) electrons. The average molecular weight is 621 g/mol. The van der Waals surface area contributed by atoms with E-state index >= 15 is 0 Å². The standard InChI is InChI=1S/C35H48N4O6/c1-5-44-19-16-29(24-10-7-6-8-11-24)37-32(40)25-20-26(23-36-22-25)33(41)39(27-12-13-27)28-14-15-31-30(21-28)38(17-9-18-43-4)34(42)35(2,3)45-31/h6-8,10-11,14-15,21,25-27,29,36H,5,9,12-13,16-20,22-23H2,1-4H3,(H,37,40)/t25-,26+,29-/m0/s1. The molecule has 5 rings (SSSR count). The molecule has 2 N–H and O–H groups in total. The van der Waals surface area contributed by atoms with Gasteiger partial charge in [0, 0.05) is 58.3 Å². The Kier molecular flexibility index (Phi) is 10.8. The van der Waals surface area contributed by atoms with Crippen LogP contribution in [0.2, 0.25) is 0 Å². The second-order valence-electron chi connectivity index (χ2n) is 12.8. The van der Waals surface area contributed by atoms with Gasteiger partial charge in [0.25, 0.3) is 5.91 Å². The third kappa shape index (κ3) is 7.85. The van der Waals surface area contributed by atoms with Gasteiger partial charge < -0.3 is 34.6 Å². The van der Waals surface area contributed by atoms with Gasteiger partial charge in [-0.3, -0.25) is 14.4 Å². The van der Waals surface area contributed by atoms with Crippen molar-refractivity contribution in [1.82, 2.24) is 10.6 Å². The number of ether oxygens (including phenoxy) is 3. The van der Waals surface area contributed by atoms with Crippen molar-refractivity contribution < 1.29 is 28.6 Å². The minimum Gasteiger partial charge on any atom is -0.476 e. The largest absolute Gasteiger partial charge is 0.476 e. The highest BCUT2D eigenvalue weighted by Gasteiger charge is 2.43. The van der Waals surface area contributed by atoms with Gasteiger partial charge in [0.1, 0.15) is 5.75 Å². The monoisotopic (exact) mass is 620 g/mol. The number of carbonyl (C=O) groups is 3. The number of rotatable bonds is 14. The van der Waals surface area contributed by atoms with Gasteiger partial charge in [0.2, 0.25) is 11.8 Å². The van der Waals surface area contributed by atoms with Gasteiger partial charge in [0.15, 0.2) is 5.60 Å². The summed E-state index contributed by atoms with van der Waals surface area (Å²) in [7, 11) is 1.65. The number of hydrogen-bond donors (Lipinski definition) is 2. The summed E-state index contributed by atoms with van der Waals surface area (Å²) in [4.78, 5) is 44.8. The lowest BCUT2D eigenvalue weighted by Crippen LogP contribution is -2.53. The van der Waals surface area contributed by atoms with Crippen molar-refractivity contribution in [2.45, 2.75) is 70.6 Å². The van der Waals surface area contributed by atoms with Gasteiger partial charge in [-0.15, -0.1) is 0 Å². The molecule has 3 aliphatic rings. The molecular weight excluding hydrogens is 572 g/mol. The highest BCUT2D eigenvalue weighted by Crippen LogP contribution is 2.43. The van der Waals surface area contributed by atoms with Crippen molar-refractivity contribution in [3.8, 4) is 5.75 Å². The van der Waals surface area contributed by atoms with Crippen molar-refractivity contribution in [2.24, 2.45) is 11.8 Å². The average Bonchev–Trinajstić information content (AvgIpc) is 3.88. The molecule has 2 fully saturated rings. The maximum absolute atomic E-state index is 14.2. The van der Waals surface area contributed by atoms with E-state index < -0.39 is 5.60 Å². The first kappa shape index (κ1) is 32.9. The number of nitrogens with zero attached hydrogens (tertiary/aromatic N) is 2. The van der Waals surface area contributed by atoms with Gasteiger partial charge in [-0.2, -0.15) is 0 Å². The first-order chi connectivity index (χ1) is 21.7. The fraction of sp³-hybridized carbons (Fsp3) is 0.571. The Morgan fingerprint density at radius 1 is 1.11 bits per heavy atom. The summed E-state index contributed by atoms with van der Waals surface area (Å²) < 4.78 is 16.9. The van der Waals surface area contributed by atoms with Crippen molar-refractivity contribution in [3.63, 3.8) is 0 Å². The fourth-order valence-corrected chi connectivity index (χ4v) is 6.31. The van der Waals surface area contributed by atoms with Gasteiger partial charge in [-0.25, -0.2) is 0 Å². The smallest absolute Gasteiger partial charge is 0.270 e. The number of nitrogens with one attached hydrogen (secondary N) is 2. The van der Waals surface area contributed by atoms with E-state index in [1.165, 1.54) is 0 Å². The number of anilines is 2. The van der Waals surface area contributed by atoms with Crippen LogP contribution in [0.4, 0.5) is 11.4 Å². The lowest BCUT2D eigenvalue weighted by Gasteiger charge is -2.40. The van der Waals surface area contributed by atoms with Crippen LogP contribution >= 0.6 is 0 Å². The van der Waals surface area contributed by atoms with Gasteiger partial charge >= 0.3 is 0 Å². The van der Waals surface area contributed by atoms with Crippen LogP contribution in [-0.4, -0.2) is 75.9 Å². The second kappa shape index (κ2) is 14.7. The molecule has 3 atom stereocenters. The number of carbonyl (C=O) groups excluding carboxylic acids is 3. The summed E-state index contributed by atoms with van der Waals surface area (Å²) in [6.07, 6.45) is 3.67. The molecule has 2 aromatic rings. The molecule has 0 bridgehead atoms. The Hall–Kier alpha value is -3.47. The fourth-order valence-electron chi connectivity index (χ4n) is 6.31. The first-order valence-corrected chi connectivity index (χ1v) is 16.3. The van der Waals surface area contributed by atoms with E-state index in [4.69, 9.17) is 14.2 Å². The molecule has 10 nitrogen and oxygen atoms in total. The van der Waals surface area contributed by atoms with E-state index in [0.29, 0.717) is 70.2 Å². The summed E-state index contributed by atoms with van der Waals surface area (Å²) in [6, 6.07) is 15.6. The third-order valence-corrected chi connectivity index (χ3v) is 8.86. The zero-order chi connectivity index (χ0) is 32.0. The van der Waals surface area contributed by atoms with E-state index in [-0.39, 0.29) is 41.6 Å². The maximum atomic E-state index is 14.2. The number of amides is 3. The molecule has 1 saturated carbocycles. The van der Waals surface area contributed by atoms with Crippen LogP contribution < -0.4 is 25.2 Å². The van der Waals surface area contributed by atoms with Crippen molar-refractivity contribution in [3.05, 3.63) is 54.1 Å². The molecule has 10 heteroatoms. The minimum atomic E-state index is -0.987. The lowest BCUT2D eigenvalue weighted by atomic mass is 9.88. The van der Waals surface area contributed by atoms with Crippen molar-refractivity contribution in [2.75, 3.05) is 56.4 Å². The predicted octanol–water partition coefficient (Wildman–Crippen LogP) is 4.23. The summed E-state index contributed by atoms with van der Waals surface area (Å²) in [5.41, 5.74) is 1.47. The lowest BCUT2D eigenvalue weighted by molar-refractivity contribution is -0.132. The van der Waals surface area contributed by atoms with Gasteiger partial charge in [-0.05, 0) is 76.6 Å². The van der Waals surface area contributed by atoms with Crippen LogP contribution in [-0.2, 0) is 23.9 Å². The van der Waals surface area contributed by atoms with E-state index in [1.54, 1.807) is 25.9 Å². The molecule has 244 valence electrons. The van der Waals surface area contributed by atoms with Crippen LogP contribution in [0.15, 0.2) is 48.5 Å². The topological polar surface area (TPSA) is 109 Å². The van der Waals surface area contributed by atoms with Crippen LogP contribution in [0, 0.1) is 11.8 Å². The number of methoxy groups -OCH3 is 1. The summed E-state index contributed by atoms with van der Waals surface area (Å²) in [6.45, 7) is 8.76. The number of piperidine rings is 1. The molecule has 45 heavy (non-hydrogen) atoms. The van der Waals surface area contributed by atoms with Crippen LogP contribution in [0.25, 0.3) is 0 Å². The van der Waals surface area contributed by atoms with Crippen LogP contribution in [0.1, 0.15) is 64.5 Å². The van der Waals surface area contributed by atoms with E-state index in [1.807, 2.05) is 60.4 Å². The Morgan fingerprint density at radius 2 is 1.87 bits per heavy atom. The second-order valence-corrected chi connectivity index (χ2v) is 12.8. The Morgan fingerprint density at radius 3 is 2.58 bits per heavy atom. The normalized spacial score (nSPS) is 21.4. The predicted molar refractivity (Wildman–Crippen MR) is 173 cm³/mol. The number of hydrogen-bond acceptors (Lipinski definition) is 7. The molecular formula is C35H48N4O6. The van der Waals surface area contributed by atoms with Gasteiger partial charge in [0.05, 0.1) is 23.6 Å². The Balaban J connectivity index is 1.32. The van der Waals surface area contributed by atoms with Gasteiger partial charge in [-0.1, -0.05) is 30.3 Å². The summed E-state index contributed by atoms with van der Waals surface area (Å²) in [5, 5.41) is 6.60. The summed E-state index contributed by atoms with van der Waals surface area (Å²) >= 11 is 0. The molecule has 2 aromatic carbocycles. The quantitative estimate of drug-likeness (QED) is 0.304. The highest BCUT2D eigenvalue weighted by atomic mass is 16.5. The molecule has 1 saturated heterocycles. The molecule has 2 heterocycles. The molecule has 3 amide bonds. The molecule has 0 aromatic heterocycles. The molecule has 2 aliphatic heterocycles. The van der Waals surface area contributed by atoms with Crippen LogP contribution in [0.3, 0.4) is 0 Å². The zero-order valence-electron chi connectivity index (χ0n) is 27.1. The molecule has 0 spiro atoms. The highest BCUT2D eigenvalue weighted by molar-refractivity contribution is 6.04. The van der Waals surface area contributed by atoms with Crippen LogP contribution in [0.5, 0.6) is 5.75 Å². The number of benzene rings is 2. The minimum absolute atomic E-state index is 0.00715. The number of fused-ring (bicyclic) bond motifs is 1.